The molecule has 0 unspecified atom stereocenters. The summed E-state index contributed by atoms with van der Waals surface area (Å²) in [6.07, 6.45) is 0. The molecule has 0 N–H and O–H groups in total. The predicted octanol–water partition coefficient (Wildman–Crippen LogP) is 7.94. The summed E-state index contributed by atoms with van der Waals surface area (Å²) >= 11 is 0. The average molecular weight is 719 g/mol. The summed E-state index contributed by atoms with van der Waals surface area (Å²) in [5, 5.41) is 3.74. The lowest BCUT2D eigenvalue weighted by atomic mass is 9.77. The number of methoxy groups -OCH3 is 4. The lowest BCUT2D eigenvalue weighted by Gasteiger charge is -2.51. The van der Waals surface area contributed by atoms with Crippen LogP contribution in [-0.4, -0.2) is 60.1 Å². The van der Waals surface area contributed by atoms with Crippen LogP contribution in [0.15, 0.2) is 109 Å². The van der Waals surface area contributed by atoms with E-state index in [-0.39, 0.29) is 38.2 Å². The van der Waals surface area contributed by atoms with Crippen molar-refractivity contribution in [3.63, 3.8) is 0 Å². The quantitative estimate of drug-likeness (QED) is 0.174. The molecule has 0 aromatic heterocycles. The van der Waals surface area contributed by atoms with Crippen molar-refractivity contribution in [1.82, 2.24) is 19.6 Å². The molecule has 0 atom stereocenters. The van der Waals surface area contributed by atoms with E-state index in [0.29, 0.717) is 23.0 Å². The molecular weight excluding hydrogens is 681 g/mol. The number of carbonyl (C=O) groups excluding carboxylic acids is 2. The number of benzene rings is 6. The summed E-state index contributed by atoms with van der Waals surface area (Å²) in [5.41, 5.74) is 2.21. The highest BCUT2D eigenvalue weighted by Crippen LogP contribution is 2.66. The Labute approximate surface area is 312 Å². The first kappa shape index (κ1) is 32.2. The standard InChI is InChI=1S/C44H38N4O6/c1-51-35-19-15-27-16-20-36(52-2)32-24-46-42(50)48-26-34-38(54-4)22-18-28-17-21-37(53-3)33(40(28)34)25-47-41(49)45(23-31(35)39(27)32)43(46,29-11-7-5-8-12-29)44(47,48)30-13-9-6-10-14-30/h5-22H,23-26H2,1-4H3. The number of amides is 4. The second-order valence-corrected chi connectivity index (χ2v) is 14.2. The molecule has 4 aliphatic heterocycles. The van der Waals surface area contributed by atoms with Crippen LogP contribution in [0.1, 0.15) is 33.4 Å². The van der Waals surface area contributed by atoms with Crippen LogP contribution in [0.2, 0.25) is 0 Å². The molecule has 54 heavy (non-hydrogen) atoms. The zero-order chi connectivity index (χ0) is 36.9. The number of urea groups is 2. The fourth-order valence-corrected chi connectivity index (χ4v) is 10.1. The highest BCUT2D eigenvalue weighted by Gasteiger charge is 2.80. The fourth-order valence-electron chi connectivity index (χ4n) is 10.1. The Hall–Kier alpha value is -6.42. The van der Waals surface area contributed by atoms with Crippen LogP contribution in [0, 0.1) is 0 Å². The number of nitrogens with zero attached hydrogens (tertiary/aromatic N) is 4. The Kier molecular flexibility index (Phi) is 6.89. The molecule has 2 saturated heterocycles. The number of rotatable bonds is 6. The zero-order valence-electron chi connectivity index (χ0n) is 30.5. The van der Waals surface area contributed by atoms with Gasteiger partial charge in [0.2, 0.25) is 0 Å². The van der Waals surface area contributed by atoms with Gasteiger partial charge in [0.05, 0.1) is 54.6 Å². The highest BCUT2D eigenvalue weighted by atomic mass is 16.5. The topological polar surface area (TPSA) is 84.0 Å². The lowest BCUT2D eigenvalue weighted by molar-refractivity contribution is -0.0865. The van der Waals surface area contributed by atoms with Crippen molar-refractivity contribution in [2.75, 3.05) is 28.4 Å². The third-order valence-electron chi connectivity index (χ3n) is 12.1. The summed E-state index contributed by atoms with van der Waals surface area (Å²) in [4.78, 5) is 39.6. The maximum atomic E-state index is 16.0. The van der Waals surface area contributed by atoms with E-state index in [0.717, 1.165) is 54.9 Å². The zero-order valence-corrected chi connectivity index (χ0v) is 30.5. The summed E-state index contributed by atoms with van der Waals surface area (Å²) < 4.78 is 24.3. The maximum absolute atomic E-state index is 16.0. The Morgan fingerprint density at radius 2 is 0.685 bits per heavy atom. The van der Waals surface area contributed by atoms with Gasteiger partial charge in [-0.3, -0.25) is 19.6 Å². The van der Waals surface area contributed by atoms with Crippen molar-refractivity contribution < 1.29 is 28.5 Å². The molecule has 10 nitrogen and oxygen atoms in total. The largest absolute Gasteiger partial charge is 0.496 e. The lowest BCUT2D eigenvalue weighted by Crippen LogP contribution is -2.63. The minimum absolute atomic E-state index is 0.148. The van der Waals surface area contributed by atoms with E-state index in [4.69, 9.17) is 18.9 Å². The van der Waals surface area contributed by atoms with Crippen LogP contribution in [0.3, 0.4) is 0 Å². The molecule has 4 aliphatic rings. The minimum atomic E-state index is -1.39. The Morgan fingerprint density at radius 1 is 0.407 bits per heavy atom. The number of hydrogen-bond donors (Lipinski definition) is 0. The van der Waals surface area contributed by atoms with Gasteiger partial charge in [0.1, 0.15) is 23.0 Å². The third-order valence-corrected chi connectivity index (χ3v) is 12.1. The first-order valence-corrected chi connectivity index (χ1v) is 18.0. The summed E-state index contributed by atoms with van der Waals surface area (Å²) in [7, 11) is 6.62. The molecule has 0 radical (unpaired) electrons. The van der Waals surface area contributed by atoms with Crippen molar-refractivity contribution >= 4 is 33.6 Å². The Bertz CT molecular complexity index is 2250. The van der Waals surface area contributed by atoms with E-state index in [1.807, 2.05) is 129 Å². The van der Waals surface area contributed by atoms with Crippen molar-refractivity contribution in [2.45, 2.75) is 37.5 Å². The molecule has 0 saturated carbocycles. The number of hydrogen-bond acceptors (Lipinski definition) is 6. The van der Waals surface area contributed by atoms with Gasteiger partial charge in [-0.05, 0) is 45.8 Å². The van der Waals surface area contributed by atoms with Gasteiger partial charge in [-0.2, -0.15) is 0 Å². The maximum Gasteiger partial charge on any atom is 0.325 e. The molecular formula is C44H38N4O6. The van der Waals surface area contributed by atoms with E-state index >= 15 is 9.59 Å². The van der Waals surface area contributed by atoms with Crippen LogP contribution < -0.4 is 18.9 Å². The van der Waals surface area contributed by atoms with Gasteiger partial charge in [0.25, 0.3) is 0 Å². The highest BCUT2D eigenvalue weighted by molar-refractivity contribution is 5.98. The second-order valence-electron chi connectivity index (χ2n) is 14.2. The molecule has 4 heterocycles. The van der Waals surface area contributed by atoms with E-state index in [2.05, 4.69) is 0 Å². The number of ether oxygens (including phenoxy) is 4. The fraction of sp³-hybridized carbons (Fsp3) is 0.227. The van der Waals surface area contributed by atoms with Gasteiger partial charge >= 0.3 is 12.1 Å². The average Bonchev–Trinajstić information content (AvgIpc) is 3.53. The van der Waals surface area contributed by atoms with Gasteiger partial charge in [0, 0.05) is 33.4 Å². The molecule has 0 bridgehead atoms. The van der Waals surface area contributed by atoms with Crippen LogP contribution in [0.25, 0.3) is 21.5 Å². The summed E-state index contributed by atoms with van der Waals surface area (Å²) in [6, 6.07) is 35.5. The Morgan fingerprint density at radius 3 is 0.944 bits per heavy atom. The van der Waals surface area contributed by atoms with E-state index in [9.17, 15) is 0 Å². The smallest absolute Gasteiger partial charge is 0.325 e. The molecule has 4 amide bonds. The normalized spacial score (nSPS) is 21.1. The first-order valence-electron chi connectivity index (χ1n) is 18.0. The van der Waals surface area contributed by atoms with Crippen molar-refractivity contribution in [2.24, 2.45) is 0 Å². The van der Waals surface area contributed by atoms with Gasteiger partial charge < -0.3 is 18.9 Å². The van der Waals surface area contributed by atoms with Crippen LogP contribution in [-0.2, 0) is 37.5 Å². The third kappa shape index (κ3) is 3.79. The number of carbonyl (C=O) groups is 2. The molecule has 6 aromatic carbocycles. The monoisotopic (exact) mass is 718 g/mol. The van der Waals surface area contributed by atoms with E-state index in [1.165, 1.54) is 0 Å². The molecule has 270 valence electrons. The Balaban J connectivity index is 1.39. The predicted molar refractivity (Wildman–Crippen MR) is 203 cm³/mol. The molecule has 6 aromatic rings. The van der Waals surface area contributed by atoms with E-state index < -0.39 is 11.3 Å². The van der Waals surface area contributed by atoms with Gasteiger partial charge in [0.15, 0.2) is 11.3 Å². The van der Waals surface area contributed by atoms with Gasteiger partial charge in [-0.25, -0.2) is 9.59 Å². The van der Waals surface area contributed by atoms with Crippen molar-refractivity contribution in [1.29, 1.82) is 0 Å². The molecule has 0 aliphatic carbocycles. The van der Waals surface area contributed by atoms with Crippen molar-refractivity contribution in [3.05, 3.63) is 143 Å². The van der Waals surface area contributed by atoms with Crippen LogP contribution in [0.5, 0.6) is 23.0 Å². The van der Waals surface area contributed by atoms with Gasteiger partial charge in [-0.1, -0.05) is 84.9 Å². The minimum Gasteiger partial charge on any atom is -0.496 e. The van der Waals surface area contributed by atoms with Crippen LogP contribution in [0.4, 0.5) is 9.59 Å². The molecule has 10 rings (SSSR count). The van der Waals surface area contributed by atoms with Crippen LogP contribution >= 0.6 is 0 Å². The molecule has 2 fully saturated rings. The second kappa shape index (κ2) is 11.5. The van der Waals surface area contributed by atoms with E-state index in [1.54, 1.807) is 28.4 Å². The summed E-state index contributed by atoms with van der Waals surface area (Å²) in [5.74, 6) is 2.61. The first-order chi connectivity index (χ1) is 26.4. The summed E-state index contributed by atoms with van der Waals surface area (Å²) in [6.45, 7) is 0.590. The SMILES string of the molecule is COc1ccc2ccc(OC)c3c2c1CN1C(=O)N2Cc4c(OC)ccc5ccc(OC)c(c45)CN4C(=O)N(C3)C1(c1ccccc1)C24c1ccccc1. The van der Waals surface area contributed by atoms with Crippen molar-refractivity contribution in [3.8, 4) is 23.0 Å². The molecule has 10 heteroatoms. The molecule has 0 spiro atoms. The van der Waals surface area contributed by atoms with Gasteiger partial charge in [-0.15, -0.1) is 0 Å².